The van der Waals surface area contributed by atoms with Gasteiger partial charge in [0.25, 0.3) is 0 Å². The van der Waals surface area contributed by atoms with E-state index < -0.39 is 0 Å². The zero-order valence-corrected chi connectivity index (χ0v) is 18.1. The van der Waals surface area contributed by atoms with Crippen molar-refractivity contribution >= 4 is 23.1 Å². The molecule has 0 radical (unpaired) electrons. The van der Waals surface area contributed by atoms with Gasteiger partial charge >= 0.3 is 0 Å². The lowest BCUT2D eigenvalue weighted by Crippen LogP contribution is -2.26. The van der Waals surface area contributed by atoms with E-state index in [0.29, 0.717) is 18.2 Å². The van der Waals surface area contributed by atoms with E-state index in [1.807, 2.05) is 6.20 Å². The molecule has 0 spiro atoms. The zero-order chi connectivity index (χ0) is 20.8. The molecule has 1 N–H and O–H groups in total. The molecular formula is C24H31N5O. The molecule has 3 aliphatic rings. The number of hydrogen-bond acceptors (Lipinski definition) is 6. The fourth-order valence-electron chi connectivity index (χ4n) is 5.52. The molecule has 2 aliphatic heterocycles. The number of carbonyl (C=O) groups is 1. The summed E-state index contributed by atoms with van der Waals surface area (Å²) in [5.41, 5.74) is 4.28. The van der Waals surface area contributed by atoms with Crippen LogP contribution in [-0.2, 0) is 11.2 Å². The molecule has 5 rings (SSSR count). The van der Waals surface area contributed by atoms with Crippen molar-refractivity contribution in [3.05, 3.63) is 41.7 Å². The number of rotatable bonds is 4. The molecule has 2 aromatic rings. The lowest BCUT2D eigenvalue weighted by Gasteiger charge is -2.26. The molecular weight excluding hydrogens is 374 g/mol. The molecule has 2 fully saturated rings. The lowest BCUT2D eigenvalue weighted by atomic mass is 9.79. The van der Waals surface area contributed by atoms with E-state index in [1.165, 1.54) is 18.8 Å². The largest absolute Gasteiger partial charge is 0.371 e. The van der Waals surface area contributed by atoms with E-state index in [1.54, 1.807) is 0 Å². The van der Waals surface area contributed by atoms with Crippen molar-refractivity contribution in [3.63, 3.8) is 0 Å². The number of carbonyl (C=O) groups excluding carboxylic acids is 1. The van der Waals surface area contributed by atoms with Crippen molar-refractivity contribution in [3.8, 4) is 0 Å². The highest BCUT2D eigenvalue weighted by Gasteiger charge is 2.38. The maximum Gasteiger partial charge on any atom is 0.227 e. The highest BCUT2D eigenvalue weighted by atomic mass is 16.1. The molecule has 0 bridgehead atoms. The molecule has 6 heteroatoms. The van der Waals surface area contributed by atoms with Gasteiger partial charge in [-0.05, 0) is 61.1 Å². The average molecular weight is 406 g/mol. The number of aromatic nitrogens is 2. The highest BCUT2D eigenvalue weighted by molar-refractivity contribution is 5.87. The SMILES string of the molecule is CC(C)C1C(=O)CCc2cnc(Nc3ccc(N4CC5CN(C)CC5C4)cc3)nc21. The van der Waals surface area contributed by atoms with Crippen LogP contribution >= 0.6 is 0 Å². The summed E-state index contributed by atoms with van der Waals surface area (Å²) in [5, 5.41) is 3.33. The quantitative estimate of drug-likeness (QED) is 0.840. The number of nitrogens with one attached hydrogen (secondary N) is 1. The van der Waals surface area contributed by atoms with E-state index in [2.05, 4.69) is 65.3 Å². The number of likely N-dealkylation sites (tertiary alicyclic amines) is 1. The van der Waals surface area contributed by atoms with Gasteiger partial charge in [-0.25, -0.2) is 9.97 Å². The van der Waals surface area contributed by atoms with Gasteiger partial charge in [-0.15, -0.1) is 0 Å². The predicted molar refractivity (Wildman–Crippen MR) is 119 cm³/mol. The molecule has 1 aromatic heterocycles. The Labute approximate surface area is 178 Å². The summed E-state index contributed by atoms with van der Waals surface area (Å²) in [6, 6.07) is 8.57. The van der Waals surface area contributed by atoms with Crippen molar-refractivity contribution in [2.45, 2.75) is 32.6 Å². The van der Waals surface area contributed by atoms with Crippen LogP contribution in [0.3, 0.4) is 0 Å². The first-order valence-corrected chi connectivity index (χ1v) is 11.2. The van der Waals surface area contributed by atoms with Crippen LogP contribution in [0.1, 0.15) is 37.4 Å². The van der Waals surface area contributed by atoms with E-state index in [-0.39, 0.29) is 11.8 Å². The van der Waals surface area contributed by atoms with Crippen LogP contribution in [0.4, 0.5) is 17.3 Å². The molecule has 1 aromatic carbocycles. The van der Waals surface area contributed by atoms with Gasteiger partial charge in [0.1, 0.15) is 5.78 Å². The minimum atomic E-state index is -0.117. The molecule has 30 heavy (non-hydrogen) atoms. The maximum absolute atomic E-state index is 12.4. The van der Waals surface area contributed by atoms with E-state index in [0.717, 1.165) is 48.3 Å². The lowest BCUT2D eigenvalue weighted by molar-refractivity contribution is -0.121. The zero-order valence-electron chi connectivity index (χ0n) is 18.1. The van der Waals surface area contributed by atoms with E-state index in [4.69, 9.17) is 4.98 Å². The minimum Gasteiger partial charge on any atom is -0.371 e. The van der Waals surface area contributed by atoms with Crippen LogP contribution in [-0.4, -0.2) is 53.9 Å². The van der Waals surface area contributed by atoms with Gasteiger partial charge in [0, 0.05) is 50.2 Å². The standard InChI is InChI=1S/C24H31N5O/c1-15(2)22-21(30)9-4-16-10-25-24(27-23(16)22)26-19-5-7-20(8-6-19)29-13-17-11-28(3)12-18(17)14-29/h5-8,10,15,17-18,22H,4,9,11-14H2,1-3H3,(H,25,26,27). The van der Waals surface area contributed by atoms with Gasteiger partial charge in [0.2, 0.25) is 5.95 Å². The summed E-state index contributed by atoms with van der Waals surface area (Å²) in [6.45, 7) is 8.93. The van der Waals surface area contributed by atoms with Crippen LogP contribution in [0, 0.1) is 17.8 Å². The molecule has 2 saturated heterocycles. The Balaban J connectivity index is 1.29. The van der Waals surface area contributed by atoms with Gasteiger partial charge in [-0.1, -0.05) is 13.8 Å². The summed E-state index contributed by atoms with van der Waals surface area (Å²) in [5.74, 6) is 2.60. The van der Waals surface area contributed by atoms with Crippen LogP contribution in [0.2, 0.25) is 0 Å². The van der Waals surface area contributed by atoms with Crippen molar-refractivity contribution in [1.82, 2.24) is 14.9 Å². The Hall–Kier alpha value is -2.47. The molecule has 0 amide bonds. The van der Waals surface area contributed by atoms with Gasteiger partial charge < -0.3 is 15.1 Å². The number of ketones is 1. The maximum atomic E-state index is 12.4. The molecule has 3 heterocycles. The third kappa shape index (κ3) is 3.58. The second-order valence-electron chi connectivity index (χ2n) is 9.61. The predicted octanol–water partition coefficient (Wildman–Crippen LogP) is 3.47. The number of Topliss-reactive ketones (excluding diaryl/α,β-unsaturated/α-hetero) is 1. The van der Waals surface area contributed by atoms with Crippen LogP contribution in [0.5, 0.6) is 0 Å². The number of anilines is 3. The van der Waals surface area contributed by atoms with Crippen LogP contribution in [0.25, 0.3) is 0 Å². The summed E-state index contributed by atoms with van der Waals surface area (Å²) in [4.78, 5) is 26.7. The van der Waals surface area contributed by atoms with Gasteiger partial charge in [-0.3, -0.25) is 4.79 Å². The number of fused-ring (bicyclic) bond motifs is 2. The molecule has 3 unspecified atom stereocenters. The Morgan fingerprint density at radius 2 is 1.73 bits per heavy atom. The Bertz CT molecular complexity index is 927. The first kappa shape index (κ1) is 19.5. The molecule has 158 valence electrons. The second-order valence-corrected chi connectivity index (χ2v) is 9.61. The van der Waals surface area contributed by atoms with Crippen LogP contribution < -0.4 is 10.2 Å². The highest BCUT2D eigenvalue weighted by Crippen LogP contribution is 2.35. The van der Waals surface area contributed by atoms with Crippen molar-refractivity contribution in [2.75, 3.05) is 43.4 Å². The van der Waals surface area contributed by atoms with Gasteiger partial charge in [-0.2, -0.15) is 0 Å². The first-order valence-electron chi connectivity index (χ1n) is 11.2. The number of aryl methyl sites for hydroxylation is 1. The summed E-state index contributed by atoms with van der Waals surface area (Å²) in [7, 11) is 2.23. The third-order valence-corrected chi connectivity index (χ3v) is 7.00. The summed E-state index contributed by atoms with van der Waals surface area (Å²) < 4.78 is 0. The molecule has 1 aliphatic carbocycles. The first-order chi connectivity index (χ1) is 14.5. The van der Waals surface area contributed by atoms with Gasteiger partial charge in [0.15, 0.2) is 0 Å². The fourth-order valence-corrected chi connectivity index (χ4v) is 5.52. The smallest absolute Gasteiger partial charge is 0.227 e. The Morgan fingerprint density at radius 3 is 2.40 bits per heavy atom. The van der Waals surface area contributed by atoms with Crippen molar-refractivity contribution < 1.29 is 4.79 Å². The topological polar surface area (TPSA) is 61.4 Å². The normalized spacial score (nSPS) is 26.2. The summed E-state index contributed by atoms with van der Waals surface area (Å²) >= 11 is 0. The van der Waals surface area contributed by atoms with Crippen molar-refractivity contribution in [1.29, 1.82) is 0 Å². The minimum absolute atomic E-state index is 0.117. The molecule has 6 nitrogen and oxygen atoms in total. The second kappa shape index (κ2) is 7.65. The molecule has 0 saturated carbocycles. The average Bonchev–Trinajstić information content (AvgIpc) is 3.25. The Morgan fingerprint density at radius 1 is 1.03 bits per heavy atom. The number of nitrogens with zero attached hydrogens (tertiary/aromatic N) is 4. The van der Waals surface area contributed by atoms with E-state index >= 15 is 0 Å². The van der Waals surface area contributed by atoms with E-state index in [9.17, 15) is 4.79 Å². The number of hydrogen-bond donors (Lipinski definition) is 1. The Kier molecular flexibility index (Phi) is 4.97. The third-order valence-electron chi connectivity index (χ3n) is 7.00. The summed E-state index contributed by atoms with van der Waals surface area (Å²) in [6.07, 6.45) is 3.24. The number of benzene rings is 1. The van der Waals surface area contributed by atoms with Gasteiger partial charge in [0.05, 0.1) is 11.6 Å². The monoisotopic (exact) mass is 405 g/mol. The fraction of sp³-hybridized carbons (Fsp3) is 0.542. The molecule has 3 atom stereocenters. The van der Waals surface area contributed by atoms with Crippen molar-refractivity contribution in [2.24, 2.45) is 17.8 Å². The van der Waals surface area contributed by atoms with Crippen LogP contribution in [0.15, 0.2) is 30.5 Å².